The SMILES string of the molecule is CCC1C(=O)NCCN1C(=O)N[C@H](CCC(N)=O)C(=O)O. The molecule has 1 aliphatic heterocycles. The van der Waals surface area contributed by atoms with Gasteiger partial charge < -0.3 is 26.4 Å². The molecule has 118 valence electrons. The van der Waals surface area contributed by atoms with Gasteiger partial charge in [0.15, 0.2) is 0 Å². The first-order valence-corrected chi connectivity index (χ1v) is 6.72. The van der Waals surface area contributed by atoms with E-state index in [-0.39, 0.29) is 18.7 Å². The van der Waals surface area contributed by atoms with Gasteiger partial charge in [0.05, 0.1) is 0 Å². The summed E-state index contributed by atoms with van der Waals surface area (Å²) in [6, 6.07) is -2.47. The first-order valence-electron chi connectivity index (χ1n) is 6.72. The second-order valence-electron chi connectivity index (χ2n) is 4.75. The molecule has 0 saturated carbocycles. The van der Waals surface area contributed by atoms with Crippen LogP contribution in [0.15, 0.2) is 0 Å². The Morgan fingerprint density at radius 2 is 2.19 bits per heavy atom. The molecule has 9 heteroatoms. The minimum atomic E-state index is -1.25. The Morgan fingerprint density at radius 3 is 2.71 bits per heavy atom. The number of primary amides is 1. The zero-order chi connectivity index (χ0) is 16.0. The fourth-order valence-electron chi connectivity index (χ4n) is 2.14. The number of carbonyl (C=O) groups is 4. The van der Waals surface area contributed by atoms with Crippen LogP contribution in [0.2, 0.25) is 0 Å². The van der Waals surface area contributed by atoms with Crippen LogP contribution in [0.3, 0.4) is 0 Å². The third-order valence-electron chi connectivity index (χ3n) is 3.25. The van der Waals surface area contributed by atoms with Gasteiger partial charge in [-0.3, -0.25) is 9.59 Å². The number of nitrogens with one attached hydrogen (secondary N) is 2. The lowest BCUT2D eigenvalue weighted by Crippen LogP contribution is -2.60. The number of carboxylic acids is 1. The highest BCUT2D eigenvalue weighted by atomic mass is 16.4. The summed E-state index contributed by atoms with van der Waals surface area (Å²) in [6.45, 7) is 2.39. The molecule has 1 unspecified atom stereocenters. The number of piperazine rings is 1. The van der Waals surface area contributed by atoms with E-state index in [2.05, 4.69) is 10.6 Å². The van der Waals surface area contributed by atoms with E-state index in [1.54, 1.807) is 6.92 Å². The number of nitrogens with two attached hydrogens (primary N) is 1. The van der Waals surface area contributed by atoms with Crippen LogP contribution in [0.1, 0.15) is 26.2 Å². The zero-order valence-corrected chi connectivity index (χ0v) is 11.8. The second kappa shape index (κ2) is 7.46. The number of hydrogen-bond donors (Lipinski definition) is 4. The number of urea groups is 1. The highest BCUT2D eigenvalue weighted by Crippen LogP contribution is 2.09. The van der Waals surface area contributed by atoms with Gasteiger partial charge in [0, 0.05) is 19.5 Å². The molecule has 1 fully saturated rings. The molecule has 0 aromatic heterocycles. The Hall–Kier alpha value is -2.32. The maximum atomic E-state index is 12.1. The van der Waals surface area contributed by atoms with E-state index in [0.717, 1.165) is 0 Å². The van der Waals surface area contributed by atoms with Crippen LogP contribution in [0.4, 0.5) is 4.79 Å². The van der Waals surface area contributed by atoms with Gasteiger partial charge in [-0.2, -0.15) is 0 Å². The molecule has 4 amide bonds. The molecule has 0 radical (unpaired) electrons. The number of hydrogen-bond acceptors (Lipinski definition) is 4. The van der Waals surface area contributed by atoms with Crippen molar-refractivity contribution in [3.05, 3.63) is 0 Å². The van der Waals surface area contributed by atoms with Crippen molar-refractivity contribution in [2.75, 3.05) is 13.1 Å². The Morgan fingerprint density at radius 1 is 1.52 bits per heavy atom. The maximum Gasteiger partial charge on any atom is 0.326 e. The number of rotatable bonds is 6. The van der Waals surface area contributed by atoms with Crippen molar-refractivity contribution in [1.29, 1.82) is 0 Å². The van der Waals surface area contributed by atoms with E-state index < -0.39 is 30.0 Å². The molecule has 1 saturated heterocycles. The van der Waals surface area contributed by atoms with Crippen molar-refractivity contribution in [3.8, 4) is 0 Å². The molecule has 0 aromatic rings. The number of amides is 4. The summed E-state index contributed by atoms with van der Waals surface area (Å²) in [7, 11) is 0. The summed E-state index contributed by atoms with van der Waals surface area (Å²) < 4.78 is 0. The molecule has 1 heterocycles. The third-order valence-corrected chi connectivity index (χ3v) is 3.25. The van der Waals surface area contributed by atoms with Crippen molar-refractivity contribution >= 4 is 23.8 Å². The zero-order valence-electron chi connectivity index (χ0n) is 11.8. The predicted octanol–water partition coefficient (Wildman–Crippen LogP) is -1.37. The molecule has 0 aromatic carbocycles. The minimum Gasteiger partial charge on any atom is -0.480 e. The Labute approximate surface area is 121 Å². The van der Waals surface area contributed by atoms with E-state index >= 15 is 0 Å². The van der Waals surface area contributed by atoms with Crippen molar-refractivity contribution in [2.45, 2.75) is 38.3 Å². The summed E-state index contributed by atoms with van der Waals surface area (Å²) in [5, 5.41) is 14.0. The monoisotopic (exact) mass is 300 g/mol. The number of nitrogens with zero attached hydrogens (tertiary/aromatic N) is 1. The van der Waals surface area contributed by atoms with E-state index in [1.807, 2.05) is 0 Å². The summed E-state index contributed by atoms with van der Waals surface area (Å²) in [6.07, 6.45) is 0.195. The van der Waals surface area contributed by atoms with E-state index in [1.165, 1.54) is 4.90 Å². The first-order chi connectivity index (χ1) is 9.86. The molecule has 1 rings (SSSR count). The van der Waals surface area contributed by atoms with Crippen LogP contribution in [0, 0.1) is 0 Å². The number of carbonyl (C=O) groups excluding carboxylic acids is 3. The average molecular weight is 300 g/mol. The molecule has 0 aliphatic carbocycles. The number of carboxylic acid groups (broad SMARTS) is 1. The Bertz CT molecular complexity index is 439. The van der Waals surface area contributed by atoms with Gasteiger partial charge >= 0.3 is 12.0 Å². The lowest BCUT2D eigenvalue weighted by atomic mass is 10.1. The third kappa shape index (κ3) is 4.62. The fourth-order valence-corrected chi connectivity index (χ4v) is 2.14. The lowest BCUT2D eigenvalue weighted by Gasteiger charge is -2.35. The minimum absolute atomic E-state index is 0.0900. The molecular formula is C12H20N4O5. The van der Waals surface area contributed by atoms with Crippen molar-refractivity contribution in [3.63, 3.8) is 0 Å². The quantitative estimate of drug-likeness (QED) is 0.478. The molecule has 0 bridgehead atoms. The number of aliphatic carboxylic acids is 1. The Balaban J connectivity index is 2.69. The van der Waals surface area contributed by atoms with Gasteiger partial charge in [-0.05, 0) is 12.8 Å². The van der Waals surface area contributed by atoms with E-state index in [9.17, 15) is 19.2 Å². The fraction of sp³-hybridized carbons (Fsp3) is 0.667. The molecular weight excluding hydrogens is 280 g/mol. The normalized spacial score (nSPS) is 19.6. The maximum absolute atomic E-state index is 12.1. The smallest absolute Gasteiger partial charge is 0.326 e. The molecule has 2 atom stereocenters. The van der Waals surface area contributed by atoms with Crippen LogP contribution in [-0.4, -0.2) is 59.0 Å². The van der Waals surface area contributed by atoms with E-state index in [0.29, 0.717) is 19.5 Å². The van der Waals surface area contributed by atoms with Gasteiger partial charge in [0.2, 0.25) is 11.8 Å². The van der Waals surface area contributed by atoms with E-state index in [4.69, 9.17) is 10.8 Å². The van der Waals surface area contributed by atoms with Crippen LogP contribution in [-0.2, 0) is 14.4 Å². The van der Waals surface area contributed by atoms with Crippen molar-refractivity contribution in [1.82, 2.24) is 15.5 Å². The largest absolute Gasteiger partial charge is 0.480 e. The highest BCUT2D eigenvalue weighted by Gasteiger charge is 2.33. The summed E-state index contributed by atoms with van der Waals surface area (Å²) in [4.78, 5) is 46.9. The van der Waals surface area contributed by atoms with Gasteiger partial charge in [-0.1, -0.05) is 6.92 Å². The summed E-state index contributed by atoms with van der Waals surface area (Å²) in [5.41, 5.74) is 4.97. The van der Waals surface area contributed by atoms with Gasteiger partial charge in [-0.25, -0.2) is 9.59 Å². The van der Waals surface area contributed by atoms with Gasteiger partial charge in [-0.15, -0.1) is 0 Å². The Kier molecular flexibility index (Phi) is 5.94. The van der Waals surface area contributed by atoms with Gasteiger partial charge in [0.1, 0.15) is 12.1 Å². The van der Waals surface area contributed by atoms with Crippen molar-refractivity contribution in [2.24, 2.45) is 5.73 Å². The molecule has 9 nitrogen and oxygen atoms in total. The topological polar surface area (TPSA) is 142 Å². The lowest BCUT2D eigenvalue weighted by molar-refractivity contribution is -0.139. The molecule has 1 aliphatic rings. The summed E-state index contributed by atoms with van der Waals surface area (Å²) >= 11 is 0. The van der Waals surface area contributed by atoms with Crippen LogP contribution >= 0.6 is 0 Å². The molecule has 21 heavy (non-hydrogen) atoms. The standard InChI is InChI=1S/C12H20N4O5/c1-2-8-10(18)14-5-6-16(8)12(21)15-7(11(19)20)3-4-9(13)17/h7-8H,2-6H2,1H3,(H2,13,17)(H,14,18)(H,15,21)(H,19,20)/t7-,8?/m1/s1. The average Bonchev–Trinajstić information content (AvgIpc) is 2.42. The molecule has 5 N–H and O–H groups in total. The molecule has 0 spiro atoms. The second-order valence-corrected chi connectivity index (χ2v) is 4.75. The highest BCUT2D eigenvalue weighted by molar-refractivity contribution is 5.90. The van der Waals surface area contributed by atoms with Crippen LogP contribution < -0.4 is 16.4 Å². The summed E-state index contributed by atoms with van der Waals surface area (Å²) in [5.74, 6) is -2.15. The van der Waals surface area contributed by atoms with Crippen molar-refractivity contribution < 1.29 is 24.3 Å². The predicted molar refractivity (Wildman–Crippen MR) is 72.2 cm³/mol. The van der Waals surface area contributed by atoms with Crippen LogP contribution in [0.5, 0.6) is 0 Å². The first kappa shape index (κ1) is 16.7. The van der Waals surface area contributed by atoms with Gasteiger partial charge in [0.25, 0.3) is 0 Å². The van der Waals surface area contributed by atoms with Crippen LogP contribution in [0.25, 0.3) is 0 Å².